The van der Waals surface area contributed by atoms with Crippen molar-refractivity contribution in [2.45, 2.75) is 26.3 Å². The van der Waals surface area contributed by atoms with E-state index in [4.69, 9.17) is 9.26 Å². The number of amides is 1. The lowest BCUT2D eigenvalue weighted by Gasteiger charge is -2.08. The average Bonchev–Trinajstić information content (AvgIpc) is 2.97. The summed E-state index contributed by atoms with van der Waals surface area (Å²) in [6, 6.07) is 9.15. The lowest BCUT2D eigenvalue weighted by Crippen LogP contribution is -2.32. The molecule has 5 nitrogen and oxygen atoms in total. The molecule has 0 bridgehead atoms. The minimum atomic E-state index is -0.225. The van der Waals surface area contributed by atoms with E-state index in [0.29, 0.717) is 5.76 Å². The molecule has 106 valence electrons. The van der Waals surface area contributed by atoms with Crippen molar-refractivity contribution in [3.8, 4) is 17.1 Å². The van der Waals surface area contributed by atoms with Crippen LogP contribution in [0.3, 0.4) is 0 Å². The van der Waals surface area contributed by atoms with Gasteiger partial charge in [-0.1, -0.05) is 24.2 Å². The lowest BCUT2D eigenvalue weighted by molar-refractivity contribution is 0.0930. The number of carbonyl (C=O) groups is 1. The molecule has 0 aliphatic heterocycles. The van der Waals surface area contributed by atoms with E-state index >= 15 is 0 Å². The molecule has 1 N–H and O–H groups in total. The summed E-state index contributed by atoms with van der Waals surface area (Å²) in [6.45, 7) is 3.95. The SMILES string of the molecule is CC[C@@H](C)NC(=O)c1cc(-c2cccc(OC)c2)on1. The largest absolute Gasteiger partial charge is 0.497 e. The van der Waals surface area contributed by atoms with Crippen LogP contribution in [0.2, 0.25) is 0 Å². The van der Waals surface area contributed by atoms with Gasteiger partial charge in [-0.3, -0.25) is 4.79 Å². The Labute approximate surface area is 117 Å². The fourth-order valence-electron chi connectivity index (χ4n) is 1.69. The van der Waals surface area contributed by atoms with Crippen LogP contribution >= 0.6 is 0 Å². The maximum Gasteiger partial charge on any atom is 0.273 e. The van der Waals surface area contributed by atoms with Gasteiger partial charge < -0.3 is 14.6 Å². The van der Waals surface area contributed by atoms with E-state index in [2.05, 4.69) is 10.5 Å². The van der Waals surface area contributed by atoms with E-state index in [1.165, 1.54) is 0 Å². The first-order valence-corrected chi connectivity index (χ1v) is 6.56. The molecule has 2 rings (SSSR count). The number of benzene rings is 1. The molecule has 1 atom stereocenters. The summed E-state index contributed by atoms with van der Waals surface area (Å²) >= 11 is 0. The molecule has 0 fully saturated rings. The van der Waals surface area contributed by atoms with Crippen molar-refractivity contribution in [2.75, 3.05) is 7.11 Å². The molecule has 1 heterocycles. The fourth-order valence-corrected chi connectivity index (χ4v) is 1.69. The number of hydrogen-bond donors (Lipinski definition) is 1. The Hall–Kier alpha value is -2.30. The Bertz CT molecular complexity index is 592. The van der Waals surface area contributed by atoms with Gasteiger partial charge in [-0.05, 0) is 25.5 Å². The second kappa shape index (κ2) is 6.23. The van der Waals surface area contributed by atoms with Crippen molar-refractivity contribution in [3.63, 3.8) is 0 Å². The summed E-state index contributed by atoms with van der Waals surface area (Å²) in [7, 11) is 1.60. The Morgan fingerprint density at radius 3 is 2.95 bits per heavy atom. The third-order valence-electron chi connectivity index (χ3n) is 3.09. The molecule has 20 heavy (non-hydrogen) atoms. The second-order valence-electron chi connectivity index (χ2n) is 4.59. The number of nitrogens with zero attached hydrogens (tertiary/aromatic N) is 1. The Balaban J connectivity index is 2.17. The van der Waals surface area contributed by atoms with E-state index in [1.807, 2.05) is 38.1 Å². The number of ether oxygens (including phenoxy) is 1. The molecule has 1 aromatic carbocycles. The normalized spacial score (nSPS) is 11.9. The Morgan fingerprint density at radius 2 is 2.25 bits per heavy atom. The maximum atomic E-state index is 11.9. The van der Waals surface area contributed by atoms with Gasteiger partial charge in [-0.15, -0.1) is 0 Å². The number of hydrogen-bond acceptors (Lipinski definition) is 4. The van der Waals surface area contributed by atoms with E-state index in [-0.39, 0.29) is 17.6 Å². The van der Waals surface area contributed by atoms with Crippen molar-refractivity contribution >= 4 is 5.91 Å². The first-order valence-electron chi connectivity index (χ1n) is 6.56. The highest BCUT2D eigenvalue weighted by Gasteiger charge is 2.15. The van der Waals surface area contributed by atoms with Crippen LogP contribution in [0, 0.1) is 0 Å². The lowest BCUT2D eigenvalue weighted by atomic mass is 10.1. The third kappa shape index (κ3) is 3.17. The smallest absolute Gasteiger partial charge is 0.273 e. The molecule has 1 aromatic heterocycles. The van der Waals surface area contributed by atoms with Gasteiger partial charge in [-0.2, -0.15) is 0 Å². The average molecular weight is 274 g/mol. The predicted molar refractivity (Wildman–Crippen MR) is 75.7 cm³/mol. The maximum absolute atomic E-state index is 11.9. The molecule has 0 saturated carbocycles. The molecule has 1 amide bonds. The highest BCUT2D eigenvalue weighted by atomic mass is 16.5. The zero-order chi connectivity index (χ0) is 14.5. The number of aromatic nitrogens is 1. The van der Waals surface area contributed by atoms with Crippen molar-refractivity contribution in [1.82, 2.24) is 10.5 Å². The van der Waals surface area contributed by atoms with E-state index in [0.717, 1.165) is 17.7 Å². The Morgan fingerprint density at radius 1 is 1.45 bits per heavy atom. The van der Waals surface area contributed by atoms with E-state index in [1.54, 1.807) is 13.2 Å². The Kier molecular flexibility index (Phi) is 4.40. The second-order valence-corrected chi connectivity index (χ2v) is 4.59. The van der Waals surface area contributed by atoms with Gasteiger partial charge in [0.1, 0.15) is 5.75 Å². The van der Waals surface area contributed by atoms with E-state index in [9.17, 15) is 4.79 Å². The summed E-state index contributed by atoms with van der Waals surface area (Å²) in [4.78, 5) is 11.9. The minimum absolute atomic E-state index is 0.111. The summed E-state index contributed by atoms with van der Waals surface area (Å²) in [5, 5.41) is 6.65. The number of carbonyl (C=O) groups excluding carboxylic acids is 1. The van der Waals surface area contributed by atoms with Crippen molar-refractivity contribution in [1.29, 1.82) is 0 Å². The van der Waals surface area contributed by atoms with Crippen LogP contribution in [-0.4, -0.2) is 24.2 Å². The number of methoxy groups -OCH3 is 1. The first-order chi connectivity index (χ1) is 9.63. The van der Waals surface area contributed by atoms with Crippen molar-refractivity contribution in [3.05, 3.63) is 36.0 Å². The van der Waals surface area contributed by atoms with Gasteiger partial charge in [0.05, 0.1) is 7.11 Å². The van der Waals surface area contributed by atoms with Crippen LogP contribution in [0.5, 0.6) is 5.75 Å². The van der Waals surface area contributed by atoms with Gasteiger partial charge in [-0.25, -0.2) is 0 Å². The summed E-state index contributed by atoms with van der Waals surface area (Å²) < 4.78 is 10.4. The molecule has 0 saturated heterocycles. The highest BCUT2D eigenvalue weighted by molar-refractivity contribution is 5.93. The molecule has 5 heteroatoms. The standard InChI is InChI=1S/C15H18N2O3/c1-4-10(2)16-15(18)13-9-14(20-17-13)11-6-5-7-12(8-11)19-3/h5-10H,4H2,1-3H3,(H,16,18)/t10-/m1/s1. The third-order valence-corrected chi connectivity index (χ3v) is 3.09. The van der Waals surface area contributed by atoms with Gasteiger partial charge >= 0.3 is 0 Å². The van der Waals surface area contributed by atoms with Crippen molar-refractivity contribution < 1.29 is 14.1 Å². The van der Waals surface area contributed by atoms with Gasteiger partial charge in [0, 0.05) is 17.7 Å². The number of rotatable bonds is 5. The monoisotopic (exact) mass is 274 g/mol. The van der Waals surface area contributed by atoms with Gasteiger partial charge in [0.2, 0.25) is 0 Å². The fraction of sp³-hybridized carbons (Fsp3) is 0.333. The van der Waals surface area contributed by atoms with Crippen LogP contribution < -0.4 is 10.1 Å². The molecule has 0 spiro atoms. The first kappa shape index (κ1) is 14.1. The minimum Gasteiger partial charge on any atom is -0.497 e. The van der Waals surface area contributed by atoms with Crippen LogP contribution in [0.4, 0.5) is 0 Å². The molecule has 0 aliphatic carbocycles. The highest BCUT2D eigenvalue weighted by Crippen LogP contribution is 2.24. The number of nitrogens with one attached hydrogen (secondary N) is 1. The summed E-state index contributed by atoms with van der Waals surface area (Å²) in [6.07, 6.45) is 0.867. The molecule has 2 aromatic rings. The molecule has 0 aliphatic rings. The quantitative estimate of drug-likeness (QED) is 0.910. The molecule has 0 unspecified atom stereocenters. The molecular weight excluding hydrogens is 256 g/mol. The van der Waals surface area contributed by atoms with Gasteiger partial charge in [0.25, 0.3) is 5.91 Å². The van der Waals surface area contributed by atoms with Crippen LogP contribution in [-0.2, 0) is 0 Å². The van der Waals surface area contributed by atoms with Crippen molar-refractivity contribution in [2.24, 2.45) is 0 Å². The van der Waals surface area contributed by atoms with Crippen LogP contribution in [0.15, 0.2) is 34.9 Å². The van der Waals surface area contributed by atoms with Gasteiger partial charge in [0.15, 0.2) is 11.5 Å². The predicted octanol–water partition coefficient (Wildman–Crippen LogP) is 2.88. The van der Waals surface area contributed by atoms with Crippen LogP contribution in [0.1, 0.15) is 30.8 Å². The summed E-state index contributed by atoms with van der Waals surface area (Å²) in [5.41, 5.74) is 1.10. The van der Waals surface area contributed by atoms with E-state index < -0.39 is 0 Å². The van der Waals surface area contributed by atoms with Crippen LogP contribution in [0.25, 0.3) is 11.3 Å². The topological polar surface area (TPSA) is 64.4 Å². The summed E-state index contributed by atoms with van der Waals surface area (Å²) in [5.74, 6) is 1.04. The molecule has 0 radical (unpaired) electrons. The zero-order valence-corrected chi connectivity index (χ0v) is 11.8. The zero-order valence-electron chi connectivity index (χ0n) is 11.8. The molecular formula is C15H18N2O3.